The van der Waals surface area contributed by atoms with E-state index >= 15 is 0 Å². The molecule has 1 amide bonds. The molecule has 0 saturated carbocycles. The molecule has 0 aliphatic carbocycles. The average Bonchev–Trinajstić information content (AvgIpc) is 2.99. The van der Waals surface area contributed by atoms with E-state index in [4.69, 9.17) is 9.47 Å². The molecule has 1 unspecified atom stereocenters. The number of nitrogens with zero attached hydrogens (tertiary/aromatic N) is 1. The molecule has 5 atom stereocenters. The molecule has 1 aromatic carbocycles. The van der Waals surface area contributed by atoms with Gasteiger partial charge in [0.1, 0.15) is 12.2 Å². The highest BCUT2D eigenvalue weighted by Crippen LogP contribution is 2.45. The average molecular weight is 418 g/mol. The number of amides is 1. The molecule has 6 heteroatoms. The van der Waals surface area contributed by atoms with Gasteiger partial charge in [-0.1, -0.05) is 43.7 Å². The molecule has 1 aromatic rings. The van der Waals surface area contributed by atoms with Crippen LogP contribution in [-0.2, 0) is 20.9 Å². The van der Waals surface area contributed by atoms with Crippen molar-refractivity contribution in [2.24, 2.45) is 11.8 Å². The number of carbonyl (C=O) groups is 2. The molecule has 0 spiro atoms. The van der Waals surface area contributed by atoms with Gasteiger partial charge in [0.15, 0.2) is 0 Å². The summed E-state index contributed by atoms with van der Waals surface area (Å²) in [7, 11) is 0. The van der Waals surface area contributed by atoms with Crippen molar-refractivity contribution in [1.29, 1.82) is 0 Å². The number of piperidine rings is 1. The lowest BCUT2D eigenvalue weighted by Gasteiger charge is -2.45. The summed E-state index contributed by atoms with van der Waals surface area (Å²) in [5.41, 5.74) is 0.352. The third kappa shape index (κ3) is 5.15. The maximum atomic E-state index is 13.0. The van der Waals surface area contributed by atoms with E-state index in [1.165, 1.54) is 0 Å². The van der Waals surface area contributed by atoms with Crippen LogP contribution >= 0.6 is 0 Å². The molecule has 0 radical (unpaired) electrons. The molecule has 2 fully saturated rings. The molecule has 2 bridgehead atoms. The van der Waals surface area contributed by atoms with Crippen LogP contribution in [0.2, 0.25) is 0 Å². The highest BCUT2D eigenvalue weighted by molar-refractivity contribution is 5.75. The molecular formula is C24H35NO5. The van der Waals surface area contributed by atoms with Crippen LogP contribution < -0.4 is 0 Å². The van der Waals surface area contributed by atoms with E-state index in [9.17, 15) is 14.7 Å². The minimum atomic E-state index is -0.654. The fraction of sp³-hybridized carbons (Fsp3) is 0.667. The van der Waals surface area contributed by atoms with Gasteiger partial charge in [0, 0.05) is 18.0 Å². The maximum Gasteiger partial charge on any atom is 0.410 e. The van der Waals surface area contributed by atoms with Crippen LogP contribution in [0.1, 0.15) is 65.4 Å². The second-order valence-electron chi connectivity index (χ2n) is 9.56. The first kappa shape index (κ1) is 22.6. The summed E-state index contributed by atoms with van der Waals surface area (Å²) in [5, 5.41) is 10.9. The number of esters is 1. The van der Waals surface area contributed by atoms with Crippen molar-refractivity contribution in [3.05, 3.63) is 35.9 Å². The van der Waals surface area contributed by atoms with Crippen LogP contribution in [0, 0.1) is 11.8 Å². The van der Waals surface area contributed by atoms with Crippen molar-refractivity contribution in [2.75, 3.05) is 0 Å². The van der Waals surface area contributed by atoms with E-state index < -0.39 is 17.6 Å². The minimum Gasteiger partial charge on any atom is -0.461 e. The van der Waals surface area contributed by atoms with Gasteiger partial charge < -0.3 is 19.5 Å². The van der Waals surface area contributed by atoms with Gasteiger partial charge in [-0.05, 0) is 52.0 Å². The molecule has 30 heavy (non-hydrogen) atoms. The Morgan fingerprint density at radius 2 is 1.90 bits per heavy atom. The fourth-order valence-corrected chi connectivity index (χ4v) is 4.94. The Balaban J connectivity index is 1.77. The number of aliphatic hydroxyl groups excluding tert-OH is 1. The first-order valence-electron chi connectivity index (χ1n) is 11.1. The lowest BCUT2D eigenvalue weighted by atomic mass is 9.75. The zero-order chi connectivity index (χ0) is 21.9. The summed E-state index contributed by atoms with van der Waals surface area (Å²) in [4.78, 5) is 27.7. The van der Waals surface area contributed by atoms with Crippen molar-refractivity contribution in [3.63, 3.8) is 0 Å². The summed E-state index contributed by atoms with van der Waals surface area (Å²) in [6.45, 7) is 7.79. The number of benzene rings is 1. The van der Waals surface area contributed by atoms with Gasteiger partial charge >= 0.3 is 12.1 Å². The summed E-state index contributed by atoms with van der Waals surface area (Å²) >= 11 is 0. The predicted octanol–water partition coefficient (Wildman–Crippen LogP) is 4.30. The van der Waals surface area contributed by atoms with Crippen molar-refractivity contribution >= 4 is 12.1 Å². The number of fused-ring (bicyclic) bond motifs is 2. The van der Waals surface area contributed by atoms with Gasteiger partial charge in [-0.2, -0.15) is 0 Å². The molecule has 2 aliphatic rings. The zero-order valence-corrected chi connectivity index (χ0v) is 18.5. The molecule has 2 heterocycles. The summed E-state index contributed by atoms with van der Waals surface area (Å²) in [5.74, 6) is -1.02. The zero-order valence-electron chi connectivity index (χ0n) is 18.5. The van der Waals surface area contributed by atoms with Crippen molar-refractivity contribution in [3.8, 4) is 0 Å². The monoisotopic (exact) mass is 417 g/mol. The summed E-state index contributed by atoms with van der Waals surface area (Å²) in [6, 6.07) is 9.34. The maximum absolute atomic E-state index is 13.0. The Morgan fingerprint density at radius 1 is 1.20 bits per heavy atom. The minimum absolute atomic E-state index is 0.0517. The van der Waals surface area contributed by atoms with E-state index in [-0.39, 0.29) is 36.7 Å². The van der Waals surface area contributed by atoms with Crippen molar-refractivity contribution in [2.45, 2.75) is 90.2 Å². The fourth-order valence-electron chi connectivity index (χ4n) is 4.94. The second-order valence-corrected chi connectivity index (χ2v) is 9.56. The number of hydrogen-bond acceptors (Lipinski definition) is 5. The van der Waals surface area contributed by atoms with Gasteiger partial charge in [0.2, 0.25) is 0 Å². The molecule has 1 N–H and O–H groups in total. The molecule has 0 aromatic heterocycles. The molecule has 6 nitrogen and oxygen atoms in total. The standard InChI is InChI=1S/C24H35NO5/c1-5-9-20(26)21-18(22(27)29-15-16-10-7-6-8-11-16)14-17-12-13-19(21)25(17)23(28)30-24(2,3)4/h6-8,10-11,17-21,26H,5,9,12-15H2,1-4H3/t17-,18?,19+,20+,21+/m1/s1. The van der Waals surface area contributed by atoms with Crippen LogP contribution in [0.4, 0.5) is 4.79 Å². The Hall–Kier alpha value is -2.08. The Kier molecular flexibility index (Phi) is 7.06. The number of hydrogen-bond donors (Lipinski definition) is 1. The predicted molar refractivity (Wildman–Crippen MR) is 114 cm³/mol. The van der Waals surface area contributed by atoms with Crippen LogP contribution in [0.15, 0.2) is 30.3 Å². The number of aliphatic hydroxyl groups is 1. The van der Waals surface area contributed by atoms with Crippen molar-refractivity contribution < 1.29 is 24.2 Å². The SMILES string of the molecule is CCC[C@H](O)[C@H]1C(C(=O)OCc2ccccc2)C[C@H]2CC[C@@H]1N2C(=O)OC(C)(C)C. The molecular weight excluding hydrogens is 382 g/mol. The lowest BCUT2D eigenvalue weighted by Crippen LogP contribution is -2.57. The van der Waals surface area contributed by atoms with Gasteiger partial charge in [0.05, 0.1) is 12.0 Å². The first-order chi connectivity index (χ1) is 14.2. The number of carbonyl (C=O) groups excluding carboxylic acids is 2. The molecule has 166 valence electrons. The van der Waals surface area contributed by atoms with Crippen LogP contribution in [0.5, 0.6) is 0 Å². The summed E-state index contributed by atoms with van der Waals surface area (Å²) in [6.07, 6.45) is 2.51. The van der Waals surface area contributed by atoms with E-state index in [2.05, 4.69) is 0 Å². The Labute approximate surface area is 179 Å². The third-order valence-corrected chi connectivity index (χ3v) is 6.14. The largest absolute Gasteiger partial charge is 0.461 e. The number of rotatable bonds is 6. The van der Waals surface area contributed by atoms with Crippen LogP contribution in [0.25, 0.3) is 0 Å². The molecule has 3 rings (SSSR count). The quantitative estimate of drug-likeness (QED) is 0.699. The Bertz CT molecular complexity index is 729. The summed E-state index contributed by atoms with van der Waals surface area (Å²) < 4.78 is 11.3. The van der Waals surface area contributed by atoms with Gasteiger partial charge in [-0.15, -0.1) is 0 Å². The molecule has 2 saturated heterocycles. The van der Waals surface area contributed by atoms with Crippen LogP contribution in [-0.4, -0.2) is 45.9 Å². The van der Waals surface area contributed by atoms with E-state index in [1.54, 1.807) is 4.90 Å². The van der Waals surface area contributed by atoms with Gasteiger partial charge in [-0.3, -0.25) is 4.79 Å². The normalized spacial score (nSPS) is 26.9. The third-order valence-electron chi connectivity index (χ3n) is 6.14. The Morgan fingerprint density at radius 3 is 2.53 bits per heavy atom. The topological polar surface area (TPSA) is 76.1 Å². The highest BCUT2D eigenvalue weighted by atomic mass is 16.6. The number of ether oxygens (including phenoxy) is 2. The van der Waals surface area contributed by atoms with Gasteiger partial charge in [0.25, 0.3) is 0 Å². The van der Waals surface area contributed by atoms with E-state index in [1.807, 2.05) is 58.0 Å². The molecule has 2 aliphatic heterocycles. The second kappa shape index (κ2) is 9.38. The van der Waals surface area contributed by atoms with Crippen molar-refractivity contribution in [1.82, 2.24) is 4.90 Å². The smallest absolute Gasteiger partial charge is 0.410 e. The van der Waals surface area contributed by atoms with E-state index in [0.717, 1.165) is 24.8 Å². The van der Waals surface area contributed by atoms with Gasteiger partial charge in [-0.25, -0.2) is 4.79 Å². The highest BCUT2D eigenvalue weighted by Gasteiger charge is 2.54. The lowest BCUT2D eigenvalue weighted by molar-refractivity contribution is -0.159. The van der Waals surface area contributed by atoms with Crippen LogP contribution in [0.3, 0.4) is 0 Å². The first-order valence-corrected chi connectivity index (χ1v) is 11.1. The van der Waals surface area contributed by atoms with E-state index in [0.29, 0.717) is 12.8 Å².